The standard InChI is InChI=1S/C11H21NO2/c13-7-5-10-3-1-6-12(10)9-11-4-2-8-14-11/h10-11,13H,1-9H2. The average Bonchev–Trinajstić information content (AvgIpc) is 2.80. The molecular weight excluding hydrogens is 178 g/mol. The molecule has 2 unspecified atom stereocenters. The monoisotopic (exact) mass is 199 g/mol. The fourth-order valence-electron chi connectivity index (χ4n) is 2.66. The highest BCUT2D eigenvalue weighted by atomic mass is 16.5. The molecule has 3 heteroatoms. The zero-order chi connectivity index (χ0) is 9.80. The Labute approximate surface area is 86.0 Å². The largest absolute Gasteiger partial charge is 0.396 e. The normalized spacial score (nSPS) is 34.1. The van der Waals surface area contributed by atoms with Crippen LogP contribution in [0.4, 0.5) is 0 Å². The second-order valence-electron chi connectivity index (χ2n) is 4.44. The Morgan fingerprint density at radius 1 is 1.29 bits per heavy atom. The summed E-state index contributed by atoms with van der Waals surface area (Å²) >= 11 is 0. The second kappa shape index (κ2) is 5.10. The van der Waals surface area contributed by atoms with E-state index in [0.717, 1.165) is 19.6 Å². The molecule has 0 aliphatic carbocycles. The molecule has 2 fully saturated rings. The Morgan fingerprint density at radius 3 is 2.93 bits per heavy atom. The topological polar surface area (TPSA) is 32.7 Å². The van der Waals surface area contributed by atoms with Gasteiger partial charge in [0.15, 0.2) is 0 Å². The Balaban J connectivity index is 1.77. The highest BCUT2D eigenvalue weighted by Crippen LogP contribution is 2.22. The van der Waals surface area contributed by atoms with Gasteiger partial charge >= 0.3 is 0 Å². The first-order valence-electron chi connectivity index (χ1n) is 5.86. The van der Waals surface area contributed by atoms with Crippen molar-refractivity contribution in [3.63, 3.8) is 0 Å². The van der Waals surface area contributed by atoms with Crippen LogP contribution in [0, 0.1) is 0 Å². The lowest BCUT2D eigenvalue weighted by atomic mass is 10.1. The lowest BCUT2D eigenvalue weighted by Gasteiger charge is -2.26. The molecule has 0 radical (unpaired) electrons. The lowest BCUT2D eigenvalue weighted by molar-refractivity contribution is 0.0647. The maximum absolute atomic E-state index is 8.95. The van der Waals surface area contributed by atoms with Crippen LogP contribution in [0.25, 0.3) is 0 Å². The Kier molecular flexibility index (Phi) is 3.79. The van der Waals surface area contributed by atoms with Gasteiger partial charge in [-0.15, -0.1) is 0 Å². The van der Waals surface area contributed by atoms with Gasteiger partial charge in [-0.1, -0.05) is 0 Å². The average molecular weight is 199 g/mol. The molecule has 0 saturated carbocycles. The summed E-state index contributed by atoms with van der Waals surface area (Å²) in [5, 5.41) is 8.95. The quantitative estimate of drug-likeness (QED) is 0.733. The van der Waals surface area contributed by atoms with Crippen molar-refractivity contribution >= 4 is 0 Å². The third-order valence-electron chi connectivity index (χ3n) is 3.42. The fourth-order valence-corrected chi connectivity index (χ4v) is 2.66. The van der Waals surface area contributed by atoms with E-state index >= 15 is 0 Å². The highest BCUT2D eigenvalue weighted by Gasteiger charge is 2.27. The van der Waals surface area contributed by atoms with Crippen LogP contribution in [0.1, 0.15) is 32.1 Å². The van der Waals surface area contributed by atoms with E-state index in [1.165, 1.54) is 32.2 Å². The van der Waals surface area contributed by atoms with Crippen molar-refractivity contribution in [3.8, 4) is 0 Å². The maximum atomic E-state index is 8.95. The summed E-state index contributed by atoms with van der Waals surface area (Å²) in [5.41, 5.74) is 0. The molecule has 2 saturated heterocycles. The van der Waals surface area contributed by atoms with Crippen LogP contribution in [0.5, 0.6) is 0 Å². The number of hydrogen-bond donors (Lipinski definition) is 1. The molecule has 2 atom stereocenters. The van der Waals surface area contributed by atoms with Crippen LogP contribution < -0.4 is 0 Å². The predicted octanol–water partition coefficient (Wildman–Crippen LogP) is 1.01. The zero-order valence-electron chi connectivity index (χ0n) is 8.82. The molecule has 2 rings (SSSR count). The van der Waals surface area contributed by atoms with E-state index in [4.69, 9.17) is 9.84 Å². The third-order valence-corrected chi connectivity index (χ3v) is 3.42. The van der Waals surface area contributed by atoms with Gasteiger partial charge in [-0.2, -0.15) is 0 Å². The number of likely N-dealkylation sites (tertiary alicyclic amines) is 1. The molecule has 82 valence electrons. The van der Waals surface area contributed by atoms with Gasteiger partial charge in [-0.3, -0.25) is 4.90 Å². The predicted molar refractivity (Wildman–Crippen MR) is 55.3 cm³/mol. The first-order valence-corrected chi connectivity index (χ1v) is 5.86. The molecule has 0 aromatic rings. The van der Waals surface area contributed by atoms with Crippen LogP contribution in [-0.4, -0.2) is 48.5 Å². The molecule has 1 N–H and O–H groups in total. The summed E-state index contributed by atoms with van der Waals surface area (Å²) in [5.74, 6) is 0. The van der Waals surface area contributed by atoms with Crippen molar-refractivity contribution in [2.24, 2.45) is 0 Å². The van der Waals surface area contributed by atoms with E-state index in [1.807, 2.05) is 0 Å². The van der Waals surface area contributed by atoms with Crippen LogP contribution in [0.15, 0.2) is 0 Å². The number of hydrogen-bond acceptors (Lipinski definition) is 3. The first-order chi connectivity index (χ1) is 6.90. The van der Waals surface area contributed by atoms with Gasteiger partial charge in [0.2, 0.25) is 0 Å². The van der Waals surface area contributed by atoms with Gasteiger partial charge in [0.05, 0.1) is 6.10 Å². The molecule has 2 aliphatic rings. The molecule has 2 aliphatic heterocycles. The molecule has 0 aromatic heterocycles. The maximum Gasteiger partial charge on any atom is 0.0702 e. The molecular formula is C11H21NO2. The van der Waals surface area contributed by atoms with E-state index in [9.17, 15) is 0 Å². The Hall–Kier alpha value is -0.120. The summed E-state index contributed by atoms with van der Waals surface area (Å²) in [6.07, 6.45) is 6.40. The van der Waals surface area contributed by atoms with Crippen LogP contribution in [-0.2, 0) is 4.74 Å². The van der Waals surface area contributed by atoms with Crippen molar-refractivity contribution < 1.29 is 9.84 Å². The minimum absolute atomic E-state index is 0.326. The summed E-state index contributed by atoms with van der Waals surface area (Å²) < 4.78 is 5.64. The van der Waals surface area contributed by atoms with E-state index in [2.05, 4.69) is 4.90 Å². The zero-order valence-corrected chi connectivity index (χ0v) is 8.82. The van der Waals surface area contributed by atoms with Gasteiger partial charge in [0.1, 0.15) is 0 Å². The van der Waals surface area contributed by atoms with E-state index in [-0.39, 0.29) is 0 Å². The minimum atomic E-state index is 0.326. The summed E-state index contributed by atoms with van der Waals surface area (Å²) in [6.45, 7) is 3.56. The van der Waals surface area contributed by atoms with Crippen molar-refractivity contribution in [1.82, 2.24) is 4.90 Å². The van der Waals surface area contributed by atoms with Crippen molar-refractivity contribution in [1.29, 1.82) is 0 Å². The second-order valence-corrected chi connectivity index (χ2v) is 4.44. The van der Waals surface area contributed by atoms with Gasteiger partial charge in [0.25, 0.3) is 0 Å². The van der Waals surface area contributed by atoms with Crippen LogP contribution in [0.2, 0.25) is 0 Å². The molecule has 3 nitrogen and oxygen atoms in total. The Bertz CT molecular complexity index is 169. The van der Waals surface area contributed by atoms with Crippen molar-refractivity contribution in [2.45, 2.75) is 44.2 Å². The van der Waals surface area contributed by atoms with Crippen LogP contribution >= 0.6 is 0 Å². The van der Waals surface area contributed by atoms with Gasteiger partial charge in [-0.05, 0) is 38.6 Å². The van der Waals surface area contributed by atoms with Gasteiger partial charge in [-0.25, -0.2) is 0 Å². The third kappa shape index (κ3) is 2.47. The smallest absolute Gasteiger partial charge is 0.0702 e. The van der Waals surface area contributed by atoms with E-state index in [1.54, 1.807) is 0 Å². The van der Waals surface area contributed by atoms with Crippen LogP contribution in [0.3, 0.4) is 0 Å². The highest BCUT2D eigenvalue weighted by molar-refractivity contribution is 4.82. The van der Waals surface area contributed by atoms with Crippen molar-refractivity contribution in [3.05, 3.63) is 0 Å². The molecule has 0 spiro atoms. The Morgan fingerprint density at radius 2 is 2.21 bits per heavy atom. The van der Waals surface area contributed by atoms with Gasteiger partial charge < -0.3 is 9.84 Å². The van der Waals surface area contributed by atoms with Gasteiger partial charge in [0, 0.05) is 25.8 Å². The molecule has 0 bridgehead atoms. The lowest BCUT2D eigenvalue weighted by Crippen LogP contribution is -2.36. The number of aliphatic hydroxyl groups excluding tert-OH is 1. The van der Waals surface area contributed by atoms with E-state index < -0.39 is 0 Å². The number of nitrogens with zero attached hydrogens (tertiary/aromatic N) is 1. The molecule has 0 aromatic carbocycles. The molecule has 14 heavy (non-hydrogen) atoms. The summed E-state index contributed by atoms with van der Waals surface area (Å²) in [6, 6.07) is 0.615. The van der Waals surface area contributed by atoms with E-state index in [0.29, 0.717) is 18.8 Å². The summed E-state index contributed by atoms with van der Waals surface area (Å²) in [4.78, 5) is 2.51. The minimum Gasteiger partial charge on any atom is -0.396 e. The SMILES string of the molecule is OCCC1CCCN1CC1CCCO1. The first kappa shape index (κ1) is 10.4. The van der Waals surface area contributed by atoms with Crippen molar-refractivity contribution in [2.75, 3.05) is 26.3 Å². The number of rotatable bonds is 4. The number of aliphatic hydroxyl groups is 1. The fraction of sp³-hybridized carbons (Fsp3) is 1.00. The molecule has 2 heterocycles. The summed E-state index contributed by atoms with van der Waals surface area (Å²) in [7, 11) is 0. The number of ether oxygens (including phenoxy) is 1. The molecule has 0 amide bonds.